The molecule has 2 atom stereocenters. The van der Waals surface area contributed by atoms with Gasteiger partial charge >= 0.3 is 0 Å². The zero-order chi connectivity index (χ0) is 16.9. The van der Waals surface area contributed by atoms with Gasteiger partial charge in [-0.15, -0.1) is 0 Å². The van der Waals surface area contributed by atoms with Gasteiger partial charge in [-0.1, -0.05) is 37.3 Å². The molecule has 2 aromatic rings. The fourth-order valence-electron chi connectivity index (χ4n) is 3.44. The van der Waals surface area contributed by atoms with Crippen LogP contribution in [0.15, 0.2) is 48.7 Å². The van der Waals surface area contributed by atoms with Crippen molar-refractivity contribution in [3.63, 3.8) is 0 Å². The highest BCUT2D eigenvalue weighted by Crippen LogP contribution is 2.33. The first-order valence-electron chi connectivity index (χ1n) is 8.70. The zero-order valence-corrected chi connectivity index (χ0v) is 14.5. The number of hydrogen-bond donors (Lipinski definition) is 0. The molecule has 1 aliphatic rings. The van der Waals surface area contributed by atoms with Gasteiger partial charge in [-0.05, 0) is 30.5 Å². The summed E-state index contributed by atoms with van der Waals surface area (Å²) < 4.78 is 7.88. The SMILES string of the molecule is C[C@@H](COCc1ccccc1)C(=O)N1CCC[C@@H]1c1cccn1C. The van der Waals surface area contributed by atoms with Crippen LogP contribution in [-0.2, 0) is 23.2 Å². The predicted octanol–water partition coefficient (Wildman–Crippen LogP) is 3.54. The van der Waals surface area contributed by atoms with E-state index in [1.165, 1.54) is 5.69 Å². The molecule has 1 amide bonds. The van der Waals surface area contributed by atoms with Gasteiger partial charge in [-0.2, -0.15) is 0 Å². The highest BCUT2D eigenvalue weighted by atomic mass is 16.5. The molecular weight excluding hydrogens is 300 g/mol. The van der Waals surface area contributed by atoms with Crippen LogP contribution in [0.3, 0.4) is 0 Å². The Kier molecular flexibility index (Phi) is 5.36. The van der Waals surface area contributed by atoms with E-state index in [9.17, 15) is 4.79 Å². The molecule has 4 heteroatoms. The van der Waals surface area contributed by atoms with E-state index in [1.54, 1.807) is 0 Å². The lowest BCUT2D eigenvalue weighted by Crippen LogP contribution is -2.36. The van der Waals surface area contributed by atoms with E-state index < -0.39 is 0 Å². The van der Waals surface area contributed by atoms with Crippen LogP contribution in [0.1, 0.15) is 37.1 Å². The monoisotopic (exact) mass is 326 g/mol. The Bertz CT molecular complexity index is 665. The summed E-state index contributed by atoms with van der Waals surface area (Å²) in [6.45, 7) is 3.83. The molecule has 1 fully saturated rings. The number of carbonyl (C=O) groups is 1. The first kappa shape index (κ1) is 16.8. The van der Waals surface area contributed by atoms with Crippen molar-refractivity contribution in [1.29, 1.82) is 0 Å². The van der Waals surface area contributed by atoms with Crippen LogP contribution in [0, 0.1) is 5.92 Å². The number of rotatable bonds is 6. The molecule has 24 heavy (non-hydrogen) atoms. The highest BCUT2D eigenvalue weighted by Gasteiger charge is 2.33. The van der Waals surface area contributed by atoms with Crippen molar-refractivity contribution in [2.45, 2.75) is 32.4 Å². The average Bonchev–Trinajstić information content (AvgIpc) is 3.23. The number of aromatic nitrogens is 1. The zero-order valence-electron chi connectivity index (χ0n) is 14.5. The van der Waals surface area contributed by atoms with E-state index >= 15 is 0 Å². The lowest BCUT2D eigenvalue weighted by Gasteiger charge is -2.28. The molecule has 0 spiro atoms. The van der Waals surface area contributed by atoms with Crippen LogP contribution in [0.5, 0.6) is 0 Å². The van der Waals surface area contributed by atoms with E-state index in [2.05, 4.69) is 10.6 Å². The van der Waals surface area contributed by atoms with Gasteiger partial charge in [0.1, 0.15) is 0 Å². The van der Waals surface area contributed by atoms with Gasteiger partial charge in [0.15, 0.2) is 0 Å². The summed E-state index contributed by atoms with van der Waals surface area (Å²) in [6.07, 6.45) is 4.16. The van der Waals surface area contributed by atoms with E-state index in [-0.39, 0.29) is 17.9 Å². The first-order chi connectivity index (χ1) is 11.7. The third-order valence-corrected chi connectivity index (χ3v) is 4.76. The predicted molar refractivity (Wildman–Crippen MR) is 94.4 cm³/mol. The molecule has 0 N–H and O–H groups in total. The summed E-state index contributed by atoms with van der Waals surface area (Å²) in [6, 6.07) is 14.4. The Labute approximate surface area is 144 Å². The Balaban J connectivity index is 1.55. The van der Waals surface area contributed by atoms with Crippen LogP contribution in [0.4, 0.5) is 0 Å². The smallest absolute Gasteiger partial charge is 0.228 e. The minimum atomic E-state index is -0.116. The second-order valence-electron chi connectivity index (χ2n) is 6.64. The maximum Gasteiger partial charge on any atom is 0.228 e. The maximum atomic E-state index is 12.8. The molecule has 4 nitrogen and oxygen atoms in total. The van der Waals surface area contributed by atoms with Crippen LogP contribution in [0.2, 0.25) is 0 Å². The molecule has 0 aliphatic carbocycles. The van der Waals surface area contributed by atoms with Gasteiger partial charge in [-0.25, -0.2) is 0 Å². The quantitative estimate of drug-likeness (QED) is 0.814. The van der Waals surface area contributed by atoms with Crippen molar-refractivity contribution < 1.29 is 9.53 Å². The Morgan fingerprint density at radius 2 is 2.04 bits per heavy atom. The topological polar surface area (TPSA) is 34.5 Å². The van der Waals surface area contributed by atoms with Gasteiger partial charge in [0, 0.05) is 25.5 Å². The number of ether oxygens (including phenoxy) is 1. The van der Waals surface area contributed by atoms with Crippen molar-refractivity contribution in [1.82, 2.24) is 9.47 Å². The molecular formula is C20H26N2O2. The van der Waals surface area contributed by atoms with Crippen molar-refractivity contribution in [2.75, 3.05) is 13.2 Å². The van der Waals surface area contributed by atoms with E-state index in [0.29, 0.717) is 13.2 Å². The molecule has 128 valence electrons. The molecule has 0 radical (unpaired) electrons. The normalized spacial score (nSPS) is 18.8. The fourth-order valence-corrected chi connectivity index (χ4v) is 3.44. The Morgan fingerprint density at radius 3 is 2.75 bits per heavy atom. The number of nitrogens with zero attached hydrogens (tertiary/aromatic N) is 2. The molecule has 0 bridgehead atoms. The lowest BCUT2D eigenvalue weighted by atomic mass is 10.1. The number of carbonyl (C=O) groups excluding carboxylic acids is 1. The molecule has 1 saturated heterocycles. The summed E-state index contributed by atoms with van der Waals surface area (Å²) >= 11 is 0. The molecule has 0 unspecified atom stereocenters. The van der Waals surface area contributed by atoms with E-state index in [1.807, 2.05) is 61.5 Å². The van der Waals surface area contributed by atoms with Crippen LogP contribution in [-0.4, -0.2) is 28.5 Å². The van der Waals surface area contributed by atoms with Crippen molar-refractivity contribution >= 4 is 5.91 Å². The van der Waals surface area contributed by atoms with Crippen molar-refractivity contribution in [3.05, 3.63) is 59.9 Å². The molecule has 0 saturated carbocycles. The molecule has 3 rings (SSSR count). The summed E-state index contributed by atoms with van der Waals surface area (Å²) in [5.41, 5.74) is 2.36. The van der Waals surface area contributed by atoms with Gasteiger partial charge in [0.05, 0.1) is 25.2 Å². The second kappa shape index (κ2) is 7.67. The standard InChI is InChI=1S/C20H26N2O2/c1-16(14-24-15-17-8-4-3-5-9-17)20(23)22-13-7-11-19(22)18-10-6-12-21(18)2/h3-6,8-10,12,16,19H,7,11,13-15H2,1-2H3/t16-,19+/m0/s1. The minimum Gasteiger partial charge on any atom is -0.376 e. The summed E-state index contributed by atoms with van der Waals surface area (Å²) in [7, 11) is 2.04. The van der Waals surface area contributed by atoms with Gasteiger partial charge < -0.3 is 14.2 Å². The number of benzene rings is 1. The van der Waals surface area contributed by atoms with Crippen LogP contribution in [0.25, 0.3) is 0 Å². The first-order valence-corrected chi connectivity index (χ1v) is 8.70. The van der Waals surface area contributed by atoms with Crippen molar-refractivity contribution in [3.8, 4) is 0 Å². The lowest BCUT2D eigenvalue weighted by molar-refractivity contribution is -0.138. The largest absolute Gasteiger partial charge is 0.376 e. The number of likely N-dealkylation sites (tertiary alicyclic amines) is 1. The van der Waals surface area contributed by atoms with Crippen molar-refractivity contribution in [2.24, 2.45) is 13.0 Å². The van der Waals surface area contributed by atoms with E-state index in [0.717, 1.165) is 24.9 Å². The molecule has 1 aromatic heterocycles. The third-order valence-electron chi connectivity index (χ3n) is 4.76. The molecule has 1 aromatic carbocycles. The second-order valence-corrected chi connectivity index (χ2v) is 6.64. The fraction of sp³-hybridized carbons (Fsp3) is 0.450. The molecule has 2 heterocycles. The Morgan fingerprint density at radius 1 is 1.25 bits per heavy atom. The summed E-state index contributed by atoms with van der Waals surface area (Å²) in [4.78, 5) is 14.9. The summed E-state index contributed by atoms with van der Waals surface area (Å²) in [5, 5.41) is 0. The highest BCUT2D eigenvalue weighted by molar-refractivity contribution is 5.79. The number of hydrogen-bond acceptors (Lipinski definition) is 2. The minimum absolute atomic E-state index is 0.116. The van der Waals surface area contributed by atoms with Crippen LogP contribution >= 0.6 is 0 Å². The van der Waals surface area contributed by atoms with E-state index in [4.69, 9.17) is 4.74 Å². The van der Waals surface area contributed by atoms with Gasteiger partial charge in [0.2, 0.25) is 5.91 Å². The third kappa shape index (κ3) is 3.70. The number of aryl methyl sites for hydroxylation is 1. The van der Waals surface area contributed by atoms with Gasteiger partial charge in [0.25, 0.3) is 0 Å². The summed E-state index contributed by atoms with van der Waals surface area (Å²) in [5.74, 6) is 0.0846. The van der Waals surface area contributed by atoms with Gasteiger partial charge in [-0.3, -0.25) is 4.79 Å². The number of amides is 1. The maximum absolute atomic E-state index is 12.8. The average molecular weight is 326 g/mol. The molecule has 1 aliphatic heterocycles. The Hall–Kier alpha value is -2.07. The van der Waals surface area contributed by atoms with Crippen LogP contribution < -0.4 is 0 Å².